The SMILES string of the molecule is Cc1cc(N=C(C2=C(N)CCN(C(=O)c3cc4cc([C@H]5CCOC(C)(C)C5)ccc4n3[C@@]3(c4noc(=O)[nH]4)C[C@@H]3C)[C@H]2C)n2ccn(-c3ccc4c(c3F)CCN=S4(C)=O)c2=O)cc(C)c1F. The summed E-state index contributed by atoms with van der Waals surface area (Å²) in [6.45, 7) is 12.3. The maximum atomic E-state index is 16.4. The molecule has 0 bridgehead atoms. The number of imidazole rings is 1. The smallest absolute Gasteiger partial charge is 0.402 e. The van der Waals surface area contributed by atoms with E-state index in [1.54, 1.807) is 36.9 Å². The van der Waals surface area contributed by atoms with Crippen LogP contribution >= 0.6 is 0 Å². The average molecular weight is 934 g/mol. The number of carbonyl (C=O) groups excluding carboxylic acids is 1. The van der Waals surface area contributed by atoms with E-state index in [1.165, 1.54) is 29.3 Å². The van der Waals surface area contributed by atoms with E-state index in [0.29, 0.717) is 57.5 Å². The van der Waals surface area contributed by atoms with Crippen molar-refractivity contribution in [3.63, 3.8) is 0 Å². The molecule has 5 atom stereocenters. The van der Waals surface area contributed by atoms with Crippen LogP contribution in [0.15, 0.2) is 101 Å². The maximum Gasteiger partial charge on any atom is 0.438 e. The van der Waals surface area contributed by atoms with Gasteiger partial charge in [-0.2, -0.15) is 0 Å². The van der Waals surface area contributed by atoms with Crippen LogP contribution in [0.25, 0.3) is 16.6 Å². The summed E-state index contributed by atoms with van der Waals surface area (Å²) in [6, 6.07) is 13.5. The molecule has 15 nitrogen and oxygen atoms in total. The summed E-state index contributed by atoms with van der Waals surface area (Å²) in [6.07, 6.45) is 7.06. The predicted molar refractivity (Wildman–Crippen MR) is 250 cm³/mol. The lowest BCUT2D eigenvalue weighted by atomic mass is 9.83. The molecule has 6 aromatic rings. The van der Waals surface area contributed by atoms with Crippen LogP contribution < -0.4 is 17.2 Å². The molecule has 4 aliphatic rings. The highest BCUT2D eigenvalue weighted by atomic mass is 32.2. The number of halogens is 2. The van der Waals surface area contributed by atoms with Gasteiger partial charge in [0.1, 0.15) is 22.9 Å². The first-order chi connectivity index (χ1) is 31.8. The number of nitrogens with two attached hydrogens (primary N) is 1. The highest BCUT2D eigenvalue weighted by Gasteiger charge is 2.59. The molecule has 350 valence electrons. The predicted octanol–water partition coefficient (Wildman–Crippen LogP) is 7.36. The molecule has 3 aromatic heterocycles. The number of nitrogens with one attached hydrogen (secondary N) is 1. The zero-order chi connectivity index (χ0) is 47.5. The zero-order valence-corrected chi connectivity index (χ0v) is 39.3. The molecule has 67 heavy (non-hydrogen) atoms. The Bertz CT molecular complexity index is 3360. The van der Waals surface area contributed by atoms with Crippen LogP contribution in [-0.2, 0) is 26.4 Å². The minimum Gasteiger partial charge on any atom is -0.402 e. The molecule has 10 rings (SSSR count). The molecule has 2 fully saturated rings. The molecular weight excluding hydrogens is 881 g/mol. The molecule has 3 aromatic carbocycles. The Morgan fingerprint density at radius 1 is 1.00 bits per heavy atom. The summed E-state index contributed by atoms with van der Waals surface area (Å²) in [7, 11) is -2.81. The molecule has 0 radical (unpaired) electrons. The van der Waals surface area contributed by atoms with E-state index in [2.05, 4.69) is 40.5 Å². The Hall–Kier alpha value is -6.40. The summed E-state index contributed by atoms with van der Waals surface area (Å²) >= 11 is 0. The Kier molecular flexibility index (Phi) is 10.5. The van der Waals surface area contributed by atoms with Gasteiger partial charge >= 0.3 is 11.4 Å². The number of hydrogen-bond acceptors (Lipinski definition) is 10. The molecular formula is C49H53F2N9O6S. The molecule has 1 unspecified atom stereocenters. The molecule has 3 aliphatic heterocycles. The molecule has 1 aliphatic carbocycles. The van der Waals surface area contributed by atoms with Crippen LogP contribution in [0.4, 0.5) is 14.5 Å². The van der Waals surface area contributed by atoms with Crippen molar-refractivity contribution in [2.45, 2.75) is 102 Å². The van der Waals surface area contributed by atoms with Crippen molar-refractivity contribution in [3.05, 3.63) is 139 Å². The van der Waals surface area contributed by atoms with Gasteiger partial charge in [-0.3, -0.25) is 23.4 Å². The van der Waals surface area contributed by atoms with Gasteiger partial charge in [0, 0.05) is 66.0 Å². The van der Waals surface area contributed by atoms with E-state index in [4.69, 9.17) is 20.0 Å². The van der Waals surface area contributed by atoms with Crippen LogP contribution in [0.5, 0.6) is 0 Å². The van der Waals surface area contributed by atoms with Crippen molar-refractivity contribution >= 4 is 38.1 Å². The number of nitrogens with zero attached hydrogens (tertiary/aromatic N) is 7. The molecule has 6 heterocycles. The van der Waals surface area contributed by atoms with Crippen molar-refractivity contribution in [2.75, 3.05) is 26.0 Å². The third kappa shape index (κ3) is 7.30. The van der Waals surface area contributed by atoms with Crippen molar-refractivity contribution in [2.24, 2.45) is 21.0 Å². The first kappa shape index (κ1) is 44.4. The Balaban J connectivity index is 1.10. The van der Waals surface area contributed by atoms with Gasteiger partial charge in [0.05, 0.1) is 44.2 Å². The van der Waals surface area contributed by atoms with Gasteiger partial charge in [0.25, 0.3) is 5.91 Å². The van der Waals surface area contributed by atoms with E-state index in [0.717, 1.165) is 33.9 Å². The van der Waals surface area contributed by atoms with E-state index in [-0.39, 0.29) is 66.4 Å². The summed E-state index contributed by atoms with van der Waals surface area (Å²) in [4.78, 5) is 52.4. The number of aryl methyl sites for hydroxylation is 2. The Labute approximate surface area is 385 Å². The summed E-state index contributed by atoms with van der Waals surface area (Å²) < 4.78 is 64.3. The van der Waals surface area contributed by atoms with Gasteiger partial charge in [-0.25, -0.2) is 31.9 Å². The lowest BCUT2D eigenvalue weighted by Gasteiger charge is -2.37. The van der Waals surface area contributed by atoms with Crippen LogP contribution in [0, 0.1) is 31.4 Å². The highest BCUT2D eigenvalue weighted by molar-refractivity contribution is 7.93. The molecule has 3 N–H and O–H groups in total. The first-order valence-corrected chi connectivity index (χ1v) is 24.5. The molecule has 0 spiro atoms. The lowest BCUT2D eigenvalue weighted by Crippen LogP contribution is -2.49. The second-order valence-electron chi connectivity index (χ2n) is 19.2. The second-order valence-corrected chi connectivity index (χ2v) is 21.6. The van der Waals surface area contributed by atoms with Gasteiger partial charge in [-0.15, -0.1) is 0 Å². The van der Waals surface area contributed by atoms with Crippen molar-refractivity contribution in [1.82, 2.24) is 28.7 Å². The summed E-state index contributed by atoms with van der Waals surface area (Å²) in [5, 5.41) is 5.00. The number of aromatic amines is 1. The van der Waals surface area contributed by atoms with E-state index >= 15 is 13.6 Å². The quantitative estimate of drug-likeness (QED) is 0.123. The number of fused-ring (bicyclic) bond motifs is 2. The van der Waals surface area contributed by atoms with Crippen LogP contribution in [0.3, 0.4) is 0 Å². The monoisotopic (exact) mass is 933 g/mol. The minimum absolute atomic E-state index is 0.0328. The fourth-order valence-corrected chi connectivity index (χ4v) is 12.3. The van der Waals surface area contributed by atoms with Crippen molar-refractivity contribution < 1.29 is 27.0 Å². The standard InChI is InChI=1S/C49H53F2N9O6S/c1-26-20-33(21-27(2)41(26)50)54-43(59-18-17-58(47(59)63)37-10-11-39-34(42(37)51)12-15-53-67(39,7)64)40-29(4)57(16-13-35(40)52)44(61)38-23-32-22-30(31-14-19-65-48(5,6)25-31)8-9-36(32)60(38)49(24-28(49)3)45-55-46(62)66-56-45/h8-11,17-18,20-23,28-29,31H,12-16,19,24-25,52H2,1-7H3,(H,55,56,62)/t28-,29-,31-,49-,67?/m0/s1. The summed E-state index contributed by atoms with van der Waals surface area (Å²) in [5.41, 5.74) is 9.30. The number of benzene rings is 3. The second kappa shape index (κ2) is 15.9. The number of aromatic nitrogens is 5. The van der Waals surface area contributed by atoms with Gasteiger partial charge in [0.2, 0.25) is 0 Å². The van der Waals surface area contributed by atoms with E-state index in [9.17, 15) is 13.8 Å². The van der Waals surface area contributed by atoms with Crippen LogP contribution in [-0.4, -0.2) is 82.3 Å². The minimum atomic E-state index is -2.81. The molecule has 1 saturated carbocycles. The van der Waals surface area contributed by atoms with Gasteiger partial charge in [-0.1, -0.05) is 18.1 Å². The van der Waals surface area contributed by atoms with E-state index in [1.807, 2.05) is 30.5 Å². The van der Waals surface area contributed by atoms with Gasteiger partial charge in [-0.05, 0) is 131 Å². The average Bonchev–Trinajstić information content (AvgIpc) is 3.58. The number of carbonyl (C=O) groups is 1. The Morgan fingerprint density at radius 2 is 1.75 bits per heavy atom. The first-order valence-electron chi connectivity index (χ1n) is 22.6. The third-order valence-corrected chi connectivity index (χ3v) is 16.2. The number of ether oxygens (including phenoxy) is 1. The number of H-pyrrole nitrogens is 1. The van der Waals surface area contributed by atoms with Crippen molar-refractivity contribution in [1.29, 1.82) is 0 Å². The normalized spacial score (nSPS) is 25.1. The number of hydrogen-bond donors (Lipinski definition) is 2. The number of rotatable bonds is 7. The fraction of sp³-hybridized carbons (Fsp3) is 0.408. The molecule has 1 amide bonds. The fourth-order valence-electron chi connectivity index (χ4n) is 10.8. The lowest BCUT2D eigenvalue weighted by molar-refractivity contribution is -0.0592. The highest BCUT2D eigenvalue weighted by Crippen LogP contribution is 2.56. The van der Waals surface area contributed by atoms with Crippen molar-refractivity contribution in [3.8, 4) is 5.69 Å². The van der Waals surface area contributed by atoms with E-state index < -0.39 is 44.4 Å². The molecule has 18 heteroatoms. The zero-order valence-electron chi connectivity index (χ0n) is 38.5. The largest absolute Gasteiger partial charge is 0.438 e. The number of aliphatic imine (C=N–C) groups is 1. The summed E-state index contributed by atoms with van der Waals surface area (Å²) in [5.74, 6) is -1.50. The maximum absolute atomic E-state index is 16.4. The third-order valence-electron chi connectivity index (χ3n) is 14.3. The van der Waals surface area contributed by atoms with Crippen LogP contribution in [0.1, 0.15) is 97.9 Å². The topological polar surface area (TPSA) is 188 Å². The Morgan fingerprint density at radius 3 is 2.43 bits per heavy atom. The van der Waals surface area contributed by atoms with Gasteiger partial charge < -0.3 is 19.9 Å². The van der Waals surface area contributed by atoms with Gasteiger partial charge in [0.15, 0.2) is 11.6 Å². The molecule has 1 saturated heterocycles. The number of amides is 1. The van der Waals surface area contributed by atoms with Crippen LogP contribution in [0.2, 0.25) is 0 Å².